The molecule has 0 unspecified atom stereocenters. The molecule has 238 valence electrons. The zero-order valence-electron chi connectivity index (χ0n) is 48.0. The summed E-state index contributed by atoms with van der Waals surface area (Å²) in [5, 5.41) is -2.30. The first-order chi connectivity index (χ1) is 34.5. The van der Waals surface area contributed by atoms with Gasteiger partial charge in [-0.05, 0) is 71.6 Å². The number of fused-ring (bicyclic) bond motifs is 9. The minimum atomic E-state index is -0.918. The van der Waals surface area contributed by atoms with E-state index in [1.165, 1.54) is 4.57 Å². The van der Waals surface area contributed by atoms with E-state index in [1.54, 1.807) is 24.3 Å². The molecule has 0 bridgehead atoms. The number of para-hydroxylation sites is 5. The van der Waals surface area contributed by atoms with E-state index in [0.717, 1.165) is 20.3 Å². The predicted octanol–water partition coefficient (Wildman–Crippen LogP) is 12.6. The van der Waals surface area contributed by atoms with Crippen LogP contribution in [0.2, 0.25) is 0 Å². The van der Waals surface area contributed by atoms with Crippen molar-refractivity contribution in [2.75, 3.05) is 0 Å². The number of nitrogens with zero attached hydrogens (tertiary/aromatic N) is 3. The summed E-state index contributed by atoms with van der Waals surface area (Å²) in [4.78, 5) is 0. The lowest BCUT2D eigenvalue weighted by atomic mass is 10.1. The van der Waals surface area contributed by atoms with Crippen LogP contribution < -0.4 is 0 Å². The van der Waals surface area contributed by atoms with Crippen LogP contribution in [0.5, 0.6) is 0 Å². The molecule has 11 aromatic rings. The molecule has 0 aliphatic heterocycles. The van der Waals surface area contributed by atoms with Crippen LogP contribution in [-0.2, 0) is 0 Å². The summed E-state index contributed by atoms with van der Waals surface area (Å²) in [6.45, 7) is 0. The van der Waals surface area contributed by atoms with E-state index < -0.39 is 188 Å². The number of hydrogen-bond donors (Lipinski definition) is 0. The number of hydrogen-bond acceptors (Lipinski definition) is 0. The zero-order valence-corrected chi connectivity index (χ0v) is 26.0. The van der Waals surface area contributed by atoms with Gasteiger partial charge in [0.2, 0.25) is 0 Å². The Bertz CT molecular complexity index is 4310. The average molecular weight is 672 g/mol. The Morgan fingerprint density at radius 3 is 1.47 bits per heavy atom. The van der Waals surface area contributed by atoms with E-state index in [1.807, 2.05) is 30.3 Å². The SMILES string of the molecule is [2H]c1c([2H])c([2H])c2c(c1[2H])c1c([2H])c([2H])c([2H])c(-n3c4c([2H])c([2H])c([2H])c([2H])c4c4c([2H])c(-n5c6c([2H])c([2H])c([2H])c([2H])c6c6c([2H])c([2H])c([2H])c([2H])c65)c([2H])c([2H])c43)c1n2-c1ccc(-c2ccccc2)cc1. The molecule has 8 aromatic carbocycles. The maximum atomic E-state index is 10.1. The highest BCUT2D eigenvalue weighted by molar-refractivity contribution is 6.16. The van der Waals surface area contributed by atoms with Gasteiger partial charge in [-0.2, -0.15) is 0 Å². The van der Waals surface area contributed by atoms with E-state index >= 15 is 0 Å². The normalized spacial score (nSPS) is 18.0. The van der Waals surface area contributed by atoms with Crippen LogP contribution in [-0.4, -0.2) is 13.7 Å². The van der Waals surface area contributed by atoms with Crippen molar-refractivity contribution in [3.05, 3.63) is 188 Å². The molecule has 0 saturated carbocycles. The average Bonchev–Trinajstić information content (AvgIpc) is 4.05. The Kier molecular flexibility index (Phi) is 3.01. The second kappa shape index (κ2) is 10.8. The lowest BCUT2D eigenvalue weighted by Gasteiger charge is -2.15. The van der Waals surface area contributed by atoms with Crippen LogP contribution in [0.15, 0.2) is 188 Å². The molecule has 0 amide bonds. The van der Waals surface area contributed by atoms with Gasteiger partial charge in [0.1, 0.15) is 0 Å². The monoisotopic (exact) mass is 671 g/mol. The highest BCUT2D eigenvalue weighted by Gasteiger charge is 2.21. The van der Waals surface area contributed by atoms with E-state index in [2.05, 4.69) is 0 Å². The maximum Gasteiger partial charge on any atom is 0.0782 e. The molecule has 51 heavy (non-hydrogen) atoms. The second-order valence-electron chi connectivity index (χ2n) is 11.7. The first kappa shape index (κ1) is 14.2. The Hall–Kier alpha value is -6.84. The van der Waals surface area contributed by atoms with Crippen LogP contribution in [0.1, 0.15) is 30.2 Å². The second-order valence-corrected chi connectivity index (χ2v) is 11.7. The van der Waals surface area contributed by atoms with Gasteiger partial charge in [-0.25, -0.2) is 0 Å². The molecule has 0 radical (unpaired) electrons. The van der Waals surface area contributed by atoms with Crippen molar-refractivity contribution in [1.82, 2.24) is 13.7 Å². The van der Waals surface area contributed by atoms with E-state index in [4.69, 9.17) is 16.4 Å². The van der Waals surface area contributed by atoms with Crippen molar-refractivity contribution in [3.8, 4) is 28.2 Å². The molecular formula is C48H31N3. The van der Waals surface area contributed by atoms with Crippen molar-refractivity contribution in [2.24, 2.45) is 0 Å². The van der Waals surface area contributed by atoms with E-state index in [0.29, 0.717) is 0 Å². The van der Waals surface area contributed by atoms with Gasteiger partial charge < -0.3 is 13.7 Å². The fourth-order valence-corrected chi connectivity index (χ4v) is 6.89. The lowest BCUT2D eigenvalue weighted by molar-refractivity contribution is 1.13. The van der Waals surface area contributed by atoms with Crippen LogP contribution >= 0.6 is 0 Å². The summed E-state index contributed by atoms with van der Waals surface area (Å²) in [7, 11) is 0. The first-order valence-electron chi connectivity index (χ1n) is 26.7. The molecule has 11 rings (SSSR count). The van der Waals surface area contributed by atoms with Crippen molar-refractivity contribution >= 4 is 65.4 Å². The summed E-state index contributed by atoms with van der Waals surface area (Å²) in [6, 6.07) is -0.886. The first-order valence-corrected chi connectivity index (χ1v) is 15.7. The molecule has 0 fully saturated rings. The zero-order chi connectivity index (χ0) is 52.6. The summed E-state index contributed by atoms with van der Waals surface area (Å²) < 4.78 is 204. The molecule has 3 heteroatoms. The largest absolute Gasteiger partial charge is 0.309 e. The van der Waals surface area contributed by atoms with Gasteiger partial charge in [0, 0.05) is 43.7 Å². The van der Waals surface area contributed by atoms with Gasteiger partial charge >= 0.3 is 0 Å². The third-order valence-corrected chi connectivity index (χ3v) is 9.05. The summed E-state index contributed by atoms with van der Waals surface area (Å²) in [5.41, 5.74) is -1.89. The number of aromatic nitrogens is 3. The Balaban J connectivity index is 1.41. The molecule has 0 spiro atoms. The number of rotatable bonds is 4. The smallest absolute Gasteiger partial charge is 0.0782 e. The van der Waals surface area contributed by atoms with Gasteiger partial charge in [0.05, 0.1) is 68.9 Å². The van der Waals surface area contributed by atoms with Gasteiger partial charge in [-0.1, -0.05) is 127 Å². The Labute approximate surface area is 325 Å². The van der Waals surface area contributed by atoms with Crippen LogP contribution in [0.25, 0.3) is 93.6 Å². The minimum Gasteiger partial charge on any atom is -0.309 e. The summed E-state index contributed by atoms with van der Waals surface area (Å²) in [5.74, 6) is 0. The van der Waals surface area contributed by atoms with Gasteiger partial charge in [0.15, 0.2) is 0 Å². The Morgan fingerprint density at radius 1 is 0.333 bits per heavy atom. The summed E-state index contributed by atoms with van der Waals surface area (Å²) in [6.07, 6.45) is 0. The highest BCUT2D eigenvalue weighted by Crippen LogP contribution is 2.41. The lowest BCUT2D eigenvalue weighted by Crippen LogP contribution is -2.01. The van der Waals surface area contributed by atoms with E-state index in [-0.39, 0.29) is 27.5 Å². The molecule has 0 atom stereocenters. The molecule has 3 heterocycles. The molecule has 3 aromatic heterocycles. The topological polar surface area (TPSA) is 14.8 Å². The molecular weight excluding hydrogens is 619 g/mol. The predicted molar refractivity (Wildman–Crippen MR) is 215 cm³/mol. The van der Waals surface area contributed by atoms with Crippen molar-refractivity contribution in [3.63, 3.8) is 0 Å². The maximum absolute atomic E-state index is 10.1. The highest BCUT2D eigenvalue weighted by atomic mass is 15.1. The van der Waals surface area contributed by atoms with Crippen molar-refractivity contribution in [1.29, 1.82) is 0 Å². The third-order valence-electron chi connectivity index (χ3n) is 9.05. The van der Waals surface area contributed by atoms with E-state index in [9.17, 15) is 13.7 Å². The quantitative estimate of drug-likeness (QED) is 0.177. The summed E-state index contributed by atoms with van der Waals surface area (Å²) >= 11 is 0. The standard InChI is InChI=1S/C48H31N3/c1-2-13-32(14-3-1)33-25-27-34(28-26-33)50-44-22-10-6-17-38(44)40-19-12-24-47(48(40)50)51-45-23-11-7-18-39(45)41-31-35(29-30-46(41)51)49-42-20-8-4-15-36(42)37-16-5-9-21-43(37)49/h1-31H/i4D,5D,6D,7D,8D,9D,10D,11D,12D,15D,16D,17D,18D,19D,20D,21D,22D,23D,24D,29D,30D,31D. The van der Waals surface area contributed by atoms with Crippen LogP contribution in [0.4, 0.5) is 0 Å². The Morgan fingerprint density at radius 2 is 0.824 bits per heavy atom. The van der Waals surface area contributed by atoms with Gasteiger partial charge in [-0.15, -0.1) is 0 Å². The molecule has 0 saturated heterocycles. The van der Waals surface area contributed by atoms with Gasteiger partial charge in [-0.3, -0.25) is 0 Å². The molecule has 3 nitrogen and oxygen atoms in total. The molecule has 0 N–H and O–H groups in total. The minimum absolute atomic E-state index is 0.202. The van der Waals surface area contributed by atoms with Crippen LogP contribution in [0.3, 0.4) is 0 Å². The van der Waals surface area contributed by atoms with Crippen molar-refractivity contribution in [2.45, 2.75) is 0 Å². The number of benzene rings is 8. The van der Waals surface area contributed by atoms with Crippen LogP contribution in [0, 0.1) is 0 Å². The molecule has 0 aliphatic rings. The van der Waals surface area contributed by atoms with Gasteiger partial charge in [0.25, 0.3) is 0 Å². The fourth-order valence-electron chi connectivity index (χ4n) is 6.89. The molecule has 0 aliphatic carbocycles. The fraction of sp³-hybridized carbons (Fsp3) is 0. The van der Waals surface area contributed by atoms with Crippen molar-refractivity contribution < 1.29 is 30.2 Å². The third kappa shape index (κ3) is 4.06.